The maximum atomic E-state index is 12.4. The number of ether oxygens (including phenoxy) is 1. The number of alkyl halides is 2. The van der Waals surface area contributed by atoms with Crippen molar-refractivity contribution >= 4 is 5.91 Å². The first kappa shape index (κ1) is 17.9. The number of carbonyl (C=O) groups excluding carboxylic acids is 1. The number of aromatic nitrogens is 2. The molecule has 0 saturated heterocycles. The second-order valence-electron chi connectivity index (χ2n) is 5.16. The second-order valence-corrected chi connectivity index (χ2v) is 5.16. The lowest BCUT2D eigenvalue weighted by Gasteiger charge is -2.15. The molecule has 2 rings (SSSR count). The quantitative estimate of drug-likeness (QED) is 0.690. The van der Waals surface area contributed by atoms with Gasteiger partial charge in [0, 0.05) is 18.2 Å². The van der Waals surface area contributed by atoms with Crippen molar-refractivity contribution in [3.05, 3.63) is 36.0 Å². The van der Waals surface area contributed by atoms with Gasteiger partial charge in [0.05, 0.1) is 17.5 Å². The van der Waals surface area contributed by atoms with E-state index in [-0.39, 0.29) is 24.3 Å². The van der Waals surface area contributed by atoms with Gasteiger partial charge in [-0.2, -0.15) is 13.9 Å². The predicted molar refractivity (Wildman–Crippen MR) is 83.9 cm³/mol. The summed E-state index contributed by atoms with van der Waals surface area (Å²) in [5, 5.41) is 18.4. The van der Waals surface area contributed by atoms with Crippen LogP contribution in [0.5, 0.6) is 5.75 Å². The topological polar surface area (TPSA) is 87.2 Å². The molecule has 0 aliphatic heterocycles. The van der Waals surface area contributed by atoms with Gasteiger partial charge in [0.15, 0.2) is 0 Å². The molecule has 1 amide bonds. The summed E-state index contributed by atoms with van der Waals surface area (Å²) in [5.74, 6) is -0.352. The zero-order chi connectivity index (χ0) is 17.5. The number of aliphatic hydroxyl groups excluding tert-OH is 1. The molecule has 0 fully saturated rings. The summed E-state index contributed by atoms with van der Waals surface area (Å²) in [6.45, 7) is -1.04. The lowest BCUT2D eigenvalue weighted by atomic mass is 10.1. The van der Waals surface area contributed by atoms with E-state index in [1.807, 2.05) is 6.92 Å². The molecule has 0 aliphatic carbocycles. The number of H-pyrrole nitrogens is 1. The van der Waals surface area contributed by atoms with Gasteiger partial charge in [-0.3, -0.25) is 9.89 Å². The molecule has 8 heteroatoms. The first-order valence-electron chi connectivity index (χ1n) is 7.55. The first-order valence-corrected chi connectivity index (χ1v) is 7.55. The number of nitrogens with zero attached hydrogens (tertiary/aromatic N) is 1. The third-order valence-corrected chi connectivity index (χ3v) is 3.54. The molecule has 1 atom stereocenters. The van der Waals surface area contributed by atoms with Crippen molar-refractivity contribution in [3.8, 4) is 17.0 Å². The minimum absolute atomic E-state index is 0.00447. The smallest absolute Gasteiger partial charge is 0.387 e. The van der Waals surface area contributed by atoms with Crippen LogP contribution in [0.25, 0.3) is 11.3 Å². The Balaban J connectivity index is 2.22. The van der Waals surface area contributed by atoms with E-state index in [4.69, 9.17) is 5.11 Å². The van der Waals surface area contributed by atoms with Gasteiger partial charge in [-0.15, -0.1) is 0 Å². The molecule has 1 unspecified atom stereocenters. The molecule has 130 valence electrons. The monoisotopic (exact) mass is 339 g/mol. The Bertz CT molecular complexity index is 676. The van der Waals surface area contributed by atoms with Crippen LogP contribution in [0.2, 0.25) is 0 Å². The van der Waals surface area contributed by atoms with E-state index in [2.05, 4.69) is 20.3 Å². The fourth-order valence-electron chi connectivity index (χ4n) is 2.30. The normalized spacial score (nSPS) is 12.2. The van der Waals surface area contributed by atoms with E-state index >= 15 is 0 Å². The molecule has 24 heavy (non-hydrogen) atoms. The van der Waals surface area contributed by atoms with Crippen molar-refractivity contribution in [1.82, 2.24) is 15.5 Å². The maximum Gasteiger partial charge on any atom is 0.387 e. The molecule has 0 spiro atoms. The van der Waals surface area contributed by atoms with Gasteiger partial charge < -0.3 is 15.2 Å². The molecule has 0 radical (unpaired) electrons. The van der Waals surface area contributed by atoms with Crippen molar-refractivity contribution in [1.29, 1.82) is 0 Å². The molecular weight excluding hydrogens is 320 g/mol. The number of hydrogen-bond acceptors (Lipinski definition) is 4. The van der Waals surface area contributed by atoms with Crippen LogP contribution in [0.3, 0.4) is 0 Å². The van der Waals surface area contributed by atoms with Gasteiger partial charge in [-0.1, -0.05) is 19.1 Å². The lowest BCUT2D eigenvalue weighted by molar-refractivity contribution is -0.0498. The molecule has 0 saturated carbocycles. The summed E-state index contributed by atoms with van der Waals surface area (Å²) in [6.07, 6.45) is 2.50. The summed E-state index contributed by atoms with van der Waals surface area (Å²) < 4.78 is 29.0. The molecule has 3 N–H and O–H groups in total. The molecule has 1 aromatic carbocycles. The summed E-state index contributed by atoms with van der Waals surface area (Å²) in [7, 11) is 0. The van der Waals surface area contributed by atoms with E-state index in [1.165, 1.54) is 18.3 Å². The van der Waals surface area contributed by atoms with Crippen LogP contribution in [-0.2, 0) is 0 Å². The minimum atomic E-state index is -2.92. The standard InChI is InChI=1S/C16H19F2N3O3/c1-2-11(6-7-22)20-15(23)13-9-19-21-14(13)10-4-3-5-12(8-10)24-16(17)18/h3-5,8-9,11,16,22H,2,6-7H2,1H3,(H,19,21)(H,20,23). The molecular formula is C16H19F2N3O3. The van der Waals surface area contributed by atoms with Crippen molar-refractivity contribution in [2.24, 2.45) is 0 Å². The van der Waals surface area contributed by atoms with Crippen LogP contribution in [0, 0.1) is 0 Å². The summed E-state index contributed by atoms with van der Waals surface area (Å²) >= 11 is 0. The van der Waals surface area contributed by atoms with Crippen molar-refractivity contribution in [3.63, 3.8) is 0 Å². The second kappa shape index (κ2) is 8.39. The average Bonchev–Trinajstić information content (AvgIpc) is 3.03. The van der Waals surface area contributed by atoms with E-state index in [1.54, 1.807) is 12.1 Å². The molecule has 0 bridgehead atoms. The number of halogens is 2. The Morgan fingerprint density at radius 2 is 2.25 bits per heavy atom. The van der Waals surface area contributed by atoms with E-state index in [9.17, 15) is 13.6 Å². The Labute approximate surface area is 137 Å². The third-order valence-electron chi connectivity index (χ3n) is 3.54. The summed E-state index contributed by atoms with van der Waals surface area (Å²) in [4.78, 5) is 12.4. The number of hydrogen-bond donors (Lipinski definition) is 3. The highest BCUT2D eigenvalue weighted by Gasteiger charge is 2.18. The highest BCUT2D eigenvalue weighted by molar-refractivity contribution is 5.99. The Hall–Kier alpha value is -2.48. The van der Waals surface area contributed by atoms with Crippen molar-refractivity contribution in [2.45, 2.75) is 32.4 Å². The summed E-state index contributed by atoms with van der Waals surface area (Å²) in [5.41, 5.74) is 1.21. The van der Waals surface area contributed by atoms with Crippen LogP contribution in [0.1, 0.15) is 30.1 Å². The van der Waals surface area contributed by atoms with Gasteiger partial charge in [0.2, 0.25) is 0 Å². The first-order chi connectivity index (χ1) is 11.5. The number of amides is 1. The maximum absolute atomic E-state index is 12.4. The fourth-order valence-corrected chi connectivity index (χ4v) is 2.30. The molecule has 2 aromatic rings. The fraction of sp³-hybridized carbons (Fsp3) is 0.375. The number of aliphatic hydroxyl groups is 1. The number of benzene rings is 1. The van der Waals surface area contributed by atoms with Gasteiger partial charge in [-0.05, 0) is 25.0 Å². The lowest BCUT2D eigenvalue weighted by Crippen LogP contribution is -2.35. The molecule has 1 heterocycles. The number of rotatable bonds is 8. The average molecular weight is 339 g/mol. The highest BCUT2D eigenvalue weighted by atomic mass is 19.3. The zero-order valence-corrected chi connectivity index (χ0v) is 13.1. The van der Waals surface area contributed by atoms with Crippen LogP contribution < -0.4 is 10.1 Å². The van der Waals surface area contributed by atoms with Gasteiger partial charge >= 0.3 is 6.61 Å². The van der Waals surface area contributed by atoms with Crippen LogP contribution >= 0.6 is 0 Å². The highest BCUT2D eigenvalue weighted by Crippen LogP contribution is 2.26. The predicted octanol–water partition coefficient (Wildman–Crippen LogP) is 2.57. The minimum Gasteiger partial charge on any atom is -0.435 e. The van der Waals surface area contributed by atoms with Gasteiger partial charge in [0.1, 0.15) is 5.75 Å². The van der Waals surface area contributed by atoms with Gasteiger partial charge in [0.25, 0.3) is 5.91 Å². The number of carbonyl (C=O) groups is 1. The summed E-state index contributed by atoms with van der Waals surface area (Å²) in [6, 6.07) is 5.87. The Kier molecular flexibility index (Phi) is 6.25. The molecule has 6 nitrogen and oxygen atoms in total. The van der Waals surface area contributed by atoms with Crippen molar-refractivity contribution < 1.29 is 23.4 Å². The van der Waals surface area contributed by atoms with Crippen molar-refractivity contribution in [2.75, 3.05) is 6.61 Å². The largest absolute Gasteiger partial charge is 0.435 e. The SMILES string of the molecule is CCC(CCO)NC(=O)c1cn[nH]c1-c1cccc(OC(F)F)c1. The molecule has 1 aromatic heterocycles. The van der Waals surface area contributed by atoms with Crippen LogP contribution in [-0.4, -0.2) is 40.5 Å². The van der Waals surface area contributed by atoms with E-state index < -0.39 is 6.61 Å². The van der Waals surface area contributed by atoms with Crippen LogP contribution in [0.4, 0.5) is 8.78 Å². The Morgan fingerprint density at radius 1 is 1.46 bits per heavy atom. The Morgan fingerprint density at radius 3 is 2.92 bits per heavy atom. The number of nitrogens with one attached hydrogen (secondary N) is 2. The van der Waals surface area contributed by atoms with E-state index in [0.717, 1.165) is 0 Å². The zero-order valence-electron chi connectivity index (χ0n) is 13.1. The third kappa shape index (κ3) is 4.51. The molecule has 0 aliphatic rings. The van der Waals surface area contributed by atoms with Gasteiger partial charge in [-0.25, -0.2) is 0 Å². The van der Waals surface area contributed by atoms with Crippen LogP contribution in [0.15, 0.2) is 30.5 Å². The van der Waals surface area contributed by atoms with E-state index in [0.29, 0.717) is 29.7 Å². The number of aromatic amines is 1.